The maximum Gasteiger partial charge on any atom is 0.243 e. The van der Waals surface area contributed by atoms with Crippen LogP contribution >= 0.6 is 0 Å². The van der Waals surface area contributed by atoms with Gasteiger partial charge in [0.2, 0.25) is 10.0 Å². The van der Waals surface area contributed by atoms with E-state index >= 15 is 0 Å². The molecule has 0 aliphatic heterocycles. The lowest BCUT2D eigenvalue weighted by molar-refractivity contribution is 0.474. The number of allylic oxidation sites excluding steroid dienone is 5. The van der Waals surface area contributed by atoms with E-state index in [1.807, 2.05) is 38.2 Å². The van der Waals surface area contributed by atoms with Crippen LogP contribution in [0.4, 0.5) is 0 Å². The molecule has 0 saturated heterocycles. The van der Waals surface area contributed by atoms with E-state index in [0.29, 0.717) is 18.0 Å². The van der Waals surface area contributed by atoms with E-state index in [2.05, 4.69) is 6.58 Å². The Morgan fingerprint density at radius 1 is 1.05 bits per heavy atom. The van der Waals surface area contributed by atoms with Crippen molar-refractivity contribution in [2.75, 3.05) is 13.1 Å². The molecule has 0 spiro atoms. The topological polar surface area (TPSA) is 37.4 Å². The third-order valence-electron chi connectivity index (χ3n) is 2.99. The van der Waals surface area contributed by atoms with Crippen molar-refractivity contribution in [1.82, 2.24) is 4.31 Å². The molecular formula is C18H23NO2S. The van der Waals surface area contributed by atoms with Gasteiger partial charge in [0, 0.05) is 13.1 Å². The smallest absolute Gasteiger partial charge is 0.207 e. The summed E-state index contributed by atoms with van der Waals surface area (Å²) in [6, 6.07) is 6.90. The van der Waals surface area contributed by atoms with Gasteiger partial charge in [-0.3, -0.25) is 0 Å². The maximum atomic E-state index is 12.7. The fraction of sp³-hybridized carbons (Fsp3) is 0.222. The Balaban J connectivity index is 3.03. The van der Waals surface area contributed by atoms with E-state index in [1.165, 1.54) is 4.31 Å². The van der Waals surface area contributed by atoms with Crippen molar-refractivity contribution in [3.8, 4) is 0 Å². The van der Waals surface area contributed by atoms with E-state index in [9.17, 15) is 8.42 Å². The monoisotopic (exact) mass is 317 g/mol. The summed E-state index contributed by atoms with van der Waals surface area (Å²) in [4.78, 5) is 0.310. The van der Waals surface area contributed by atoms with Crippen molar-refractivity contribution >= 4 is 10.0 Å². The minimum atomic E-state index is -3.51. The molecule has 0 fully saturated rings. The molecule has 1 aromatic carbocycles. The molecule has 0 bridgehead atoms. The van der Waals surface area contributed by atoms with Crippen molar-refractivity contribution in [2.45, 2.75) is 18.7 Å². The molecule has 0 aliphatic rings. The first kappa shape index (κ1) is 18.1. The summed E-state index contributed by atoms with van der Waals surface area (Å²) in [5, 5.41) is 0. The van der Waals surface area contributed by atoms with Gasteiger partial charge in [-0.2, -0.15) is 4.31 Å². The highest BCUT2D eigenvalue weighted by atomic mass is 32.2. The van der Waals surface area contributed by atoms with Gasteiger partial charge < -0.3 is 0 Å². The highest BCUT2D eigenvalue weighted by Gasteiger charge is 2.22. The maximum absolute atomic E-state index is 12.7. The van der Waals surface area contributed by atoms with Gasteiger partial charge in [0.15, 0.2) is 0 Å². The highest BCUT2D eigenvalue weighted by Crippen LogP contribution is 2.16. The molecule has 0 radical (unpaired) electrons. The molecule has 0 amide bonds. The molecule has 1 aromatic rings. The van der Waals surface area contributed by atoms with E-state index in [-0.39, 0.29) is 0 Å². The Morgan fingerprint density at radius 2 is 1.64 bits per heavy atom. The summed E-state index contributed by atoms with van der Waals surface area (Å²) >= 11 is 0. The standard InChI is InChI=1S/C18H23NO2S/c1-4-6-8-10-16-19(15-9-7-5-2)22(20,21)18-13-11-17(3)12-14-18/h4-14H,2,15-16H2,1,3H3/b6-4+,9-7+,10-8+. The summed E-state index contributed by atoms with van der Waals surface area (Å²) < 4.78 is 26.9. The zero-order valence-electron chi connectivity index (χ0n) is 13.1. The van der Waals surface area contributed by atoms with Crippen molar-refractivity contribution in [3.63, 3.8) is 0 Å². The van der Waals surface area contributed by atoms with Crippen molar-refractivity contribution < 1.29 is 8.42 Å². The van der Waals surface area contributed by atoms with E-state index in [4.69, 9.17) is 0 Å². The first-order valence-electron chi connectivity index (χ1n) is 7.14. The number of rotatable bonds is 8. The molecule has 0 N–H and O–H groups in total. The zero-order valence-corrected chi connectivity index (χ0v) is 14.0. The number of hydrogen-bond acceptors (Lipinski definition) is 2. The van der Waals surface area contributed by atoms with Crippen LogP contribution in [0.2, 0.25) is 0 Å². The summed E-state index contributed by atoms with van der Waals surface area (Å²) in [7, 11) is -3.51. The normalized spacial score (nSPS) is 12.9. The lowest BCUT2D eigenvalue weighted by atomic mass is 10.2. The molecule has 1 rings (SSSR count). The van der Waals surface area contributed by atoms with Gasteiger partial charge in [0.1, 0.15) is 0 Å². The van der Waals surface area contributed by atoms with Crippen LogP contribution in [-0.4, -0.2) is 25.8 Å². The SMILES string of the molecule is C=C/C=C/CN(C/C=C/C=C/C)S(=O)(=O)c1ccc(C)cc1. The molecule has 0 saturated carbocycles. The van der Waals surface area contributed by atoms with Gasteiger partial charge in [-0.25, -0.2) is 8.42 Å². The first-order chi connectivity index (χ1) is 10.5. The zero-order chi connectivity index (χ0) is 16.4. The Kier molecular flexibility index (Phi) is 7.57. The minimum Gasteiger partial charge on any atom is -0.207 e. The van der Waals surface area contributed by atoms with Crippen LogP contribution in [0, 0.1) is 6.92 Å². The lowest BCUT2D eigenvalue weighted by Crippen LogP contribution is -2.31. The molecule has 0 aliphatic carbocycles. The second-order valence-corrected chi connectivity index (χ2v) is 6.69. The van der Waals surface area contributed by atoms with Gasteiger partial charge in [0.25, 0.3) is 0 Å². The molecular weight excluding hydrogens is 294 g/mol. The van der Waals surface area contributed by atoms with Gasteiger partial charge in [-0.1, -0.05) is 66.8 Å². The van der Waals surface area contributed by atoms with Crippen LogP contribution in [0.5, 0.6) is 0 Å². The average Bonchev–Trinajstić information content (AvgIpc) is 2.50. The fourth-order valence-electron chi connectivity index (χ4n) is 1.77. The first-order valence-corrected chi connectivity index (χ1v) is 8.58. The van der Waals surface area contributed by atoms with Gasteiger partial charge >= 0.3 is 0 Å². The van der Waals surface area contributed by atoms with Crippen LogP contribution in [0.25, 0.3) is 0 Å². The Morgan fingerprint density at radius 3 is 2.18 bits per heavy atom. The Labute approximate surface area is 134 Å². The second kappa shape index (κ2) is 9.18. The van der Waals surface area contributed by atoms with Gasteiger partial charge in [-0.15, -0.1) is 0 Å². The van der Waals surface area contributed by atoms with Gasteiger partial charge in [0.05, 0.1) is 4.90 Å². The molecule has 4 heteroatoms. The predicted octanol–water partition coefficient (Wildman–Crippen LogP) is 3.86. The minimum absolute atomic E-state index is 0.308. The van der Waals surface area contributed by atoms with Crippen molar-refractivity contribution in [3.05, 3.63) is 78.9 Å². The van der Waals surface area contributed by atoms with E-state index in [0.717, 1.165) is 5.56 Å². The molecule has 0 heterocycles. The highest BCUT2D eigenvalue weighted by molar-refractivity contribution is 7.89. The number of nitrogens with zero attached hydrogens (tertiary/aromatic N) is 1. The number of benzene rings is 1. The molecule has 0 aromatic heterocycles. The average molecular weight is 317 g/mol. The molecule has 22 heavy (non-hydrogen) atoms. The number of aryl methyl sites for hydroxylation is 1. The lowest BCUT2D eigenvalue weighted by Gasteiger charge is -2.19. The fourth-order valence-corrected chi connectivity index (χ4v) is 3.12. The van der Waals surface area contributed by atoms with E-state index < -0.39 is 10.0 Å². The summed E-state index contributed by atoms with van der Waals surface area (Å²) in [6.45, 7) is 8.07. The van der Waals surface area contributed by atoms with Crippen LogP contribution in [0.1, 0.15) is 12.5 Å². The number of sulfonamides is 1. The van der Waals surface area contributed by atoms with Crippen LogP contribution < -0.4 is 0 Å². The summed E-state index contributed by atoms with van der Waals surface area (Å²) in [5.41, 5.74) is 1.03. The van der Waals surface area contributed by atoms with Crippen molar-refractivity contribution in [2.24, 2.45) is 0 Å². The molecule has 0 atom stereocenters. The predicted molar refractivity (Wildman–Crippen MR) is 93.2 cm³/mol. The van der Waals surface area contributed by atoms with Crippen LogP contribution in [0.3, 0.4) is 0 Å². The van der Waals surface area contributed by atoms with Gasteiger partial charge in [-0.05, 0) is 26.0 Å². The molecule has 118 valence electrons. The summed E-state index contributed by atoms with van der Waals surface area (Å²) in [6.07, 6.45) is 12.6. The van der Waals surface area contributed by atoms with Crippen LogP contribution in [0.15, 0.2) is 78.3 Å². The Hall–Kier alpha value is -1.91. The largest absolute Gasteiger partial charge is 0.243 e. The molecule has 3 nitrogen and oxygen atoms in total. The number of hydrogen-bond donors (Lipinski definition) is 0. The third-order valence-corrected chi connectivity index (χ3v) is 4.83. The van der Waals surface area contributed by atoms with Crippen LogP contribution in [-0.2, 0) is 10.0 Å². The molecule has 0 unspecified atom stereocenters. The quantitative estimate of drug-likeness (QED) is 0.683. The summed E-state index contributed by atoms with van der Waals surface area (Å²) in [5.74, 6) is 0. The van der Waals surface area contributed by atoms with Crippen molar-refractivity contribution in [1.29, 1.82) is 0 Å². The third kappa shape index (κ3) is 5.47. The Bertz CT molecular complexity index is 653. The van der Waals surface area contributed by atoms with E-state index in [1.54, 1.807) is 42.5 Å². The second-order valence-electron chi connectivity index (χ2n) is 4.75.